The number of benzene rings is 1. The number of aliphatic carboxylic acids is 1. The van der Waals surface area contributed by atoms with Crippen molar-refractivity contribution in [2.75, 3.05) is 13.1 Å². The molecule has 0 bridgehead atoms. The Morgan fingerprint density at radius 2 is 2.08 bits per heavy atom. The van der Waals surface area contributed by atoms with Crippen molar-refractivity contribution in [1.29, 1.82) is 0 Å². The third-order valence-corrected chi connectivity index (χ3v) is 5.46. The van der Waals surface area contributed by atoms with E-state index in [9.17, 15) is 14.0 Å². The number of hydrogen-bond acceptors (Lipinski definition) is 4. The molecule has 5 nitrogen and oxygen atoms in total. The minimum Gasteiger partial charge on any atom is -0.481 e. The zero-order valence-corrected chi connectivity index (χ0v) is 15.2. The summed E-state index contributed by atoms with van der Waals surface area (Å²) in [5.74, 6) is -0.919. The van der Waals surface area contributed by atoms with Gasteiger partial charge < -0.3 is 10.0 Å². The number of carboxylic acids is 1. The number of carboxylic acid groups (broad SMARTS) is 1. The Morgan fingerprint density at radius 1 is 1.31 bits per heavy atom. The van der Waals surface area contributed by atoms with Crippen LogP contribution in [0.15, 0.2) is 29.6 Å². The largest absolute Gasteiger partial charge is 0.481 e. The molecule has 0 spiro atoms. The average Bonchev–Trinajstić information content (AvgIpc) is 3.10. The molecule has 1 aliphatic heterocycles. The Labute approximate surface area is 155 Å². The Kier molecular flexibility index (Phi) is 5.98. The van der Waals surface area contributed by atoms with Crippen LogP contribution in [-0.4, -0.2) is 40.0 Å². The van der Waals surface area contributed by atoms with Crippen molar-refractivity contribution < 1.29 is 19.1 Å². The molecule has 1 N–H and O–H groups in total. The number of carbonyl (C=O) groups excluding carboxylic acids is 1. The van der Waals surface area contributed by atoms with Crippen LogP contribution in [0.3, 0.4) is 0 Å². The van der Waals surface area contributed by atoms with Crippen molar-refractivity contribution in [3.8, 4) is 0 Å². The van der Waals surface area contributed by atoms with Gasteiger partial charge in [-0.25, -0.2) is 9.37 Å². The van der Waals surface area contributed by atoms with Crippen LogP contribution in [0.4, 0.5) is 4.39 Å². The summed E-state index contributed by atoms with van der Waals surface area (Å²) in [4.78, 5) is 29.7. The number of likely N-dealkylation sites (tertiary alicyclic amines) is 1. The van der Waals surface area contributed by atoms with Gasteiger partial charge in [-0.05, 0) is 42.9 Å². The number of thiazole rings is 1. The molecule has 0 saturated carbocycles. The number of nitrogens with zero attached hydrogens (tertiary/aromatic N) is 2. The Balaban J connectivity index is 1.60. The summed E-state index contributed by atoms with van der Waals surface area (Å²) in [6, 6.07) is 6.27. The maximum Gasteiger partial charge on any atom is 0.303 e. The molecule has 1 amide bonds. The molecule has 138 valence electrons. The fraction of sp³-hybridized carbons (Fsp3) is 0.421. The van der Waals surface area contributed by atoms with Crippen molar-refractivity contribution >= 4 is 23.2 Å². The van der Waals surface area contributed by atoms with Crippen LogP contribution in [0.5, 0.6) is 0 Å². The van der Waals surface area contributed by atoms with Gasteiger partial charge in [0, 0.05) is 31.3 Å². The predicted octanol–water partition coefficient (Wildman–Crippen LogP) is 3.59. The molecule has 2 heterocycles. The molecule has 3 rings (SSSR count). The Bertz CT molecular complexity index is 775. The zero-order valence-electron chi connectivity index (χ0n) is 14.4. The average molecular weight is 376 g/mol. The minimum absolute atomic E-state index is 0.0911. The number of halogens is 1. The standard InChI is InChI=1S/C19H21FN2O3S/c20-15-6-3-13(4-7-15)10-17-21-16(12-26-17)19(25)22-9-1-2-14(11-22)5-8-18(23)24/h3-4,6-7,12,14H,1-2,5,8-11H2,(H,23,24). The Hall–Kier alpha value is -2.28. The topological polar surface area (TPSA) is 70.5 Å². The van der Waals surface area contributed by atoms with E-state index < -0.39 is 5.97 Å². The molecule has 0 aliphatic carbocycles. The highest BCUT2D eigenvalue weighted by Gasteiger charge is 2.26. The molecule has 1 fully saturated rings. The van der Waals surface area contributed by atoms with Crippen LogP contribution >= 0.6 is 11.3 Å². The third kappa shape index (κ3) is 4.88. The highest BCUT2D eigenvalue weighted by atomic mass is 32.1. The fourth-order valence-electron chi connectivity index (χ4n) is 3.24. The smallest absolute Gasteiger partial charge is 0.303 e. The number of carbonyl (C=O) groups is 2. The molecule has 26 heavy (non-hydrogen) atoms. The summed E-state index contributed by atoms with van der Waals surface area (Å²) in [6.45, 7) is 1.28. The molecule has 1 unspecified atom stereocenters. The second kappa shape index (κ2) is 8.40. The first-order valence-corrected chi connectivity index (χ1v) is 9.59. The summed E-state index contributed by atoms with van der Waals surface area (Å²) in [6.07, 6.45) is 3.17. The molecule has 1 atom stereocenters. The summed E-state index contributed by atoms with van der Waals surface area (Å²) >= 11 is 1.43. The first-order chi connectivity index (χ1) is 12.5. The van der Waals surface area contributed by atoms with Crippen LogP contribution in [0, 0.1) is 11.7 Å². The van der Waals surface area contributed by atoms with Gasteiger partial charge in [0.25, 0.3) is 5.91 Å². The molecular formula is C19H21FN2O3S. The van der Waals surface area contributed by atoms with E-state index in [1.54, 1.807) is 22.4 Å². The van der Waals surface area contributed by atoms with E-state index in [0.717, 1.165) is 23.4 Å². The van der Waals surface area contributed by atoms with Crippen molar-refractivity contribution in [1.82, 2.24) is 9.88 Å². The summed E-state index contributed by atoms with van der Waals surface area (Å²) in [5.41, 5.74) is 1.39. The number of rotatable bonds is 6. The summed E-state index contributed by atoms with van der Waals surface area (Å²) in [5, 5.41) is 11.4. The van der Waals surface area contributed by atoms with Gasteiger partial charge in [-0.15, -0.1) is 11.3 Å². The van der Waals surface area contributed by atoms with E-state index in [2.05, 4.69) is 4.98 Å². The first-order valence-electron chi connectivity index (χ1n) is 8.71. The second-order valence-electron chi connectivity index (χ2n) is 6.62. The van der Waals surface area contributed by atoms with Gasteiger partial charge in [0.05, 0.1) is 5.01 Å². The number of amides is 1. The molecule has 1 aromatic heterocycles. The van der Waals surface area contributed by atoms with Gasteiger partial charge in [-0.2, -0.15) is 0 Å². The van der Waals surface area contributed by atoms with Crippen LogP contribution in [0.25, 0.3) is 0 Å². The number of hydrogen-bond donors (Lipinski definition) is 1. The van der Waals surface area contributed by atoms with Gasteiger partial charge in [-0.1, -0.05) is 12.1 Å². The lowest BCUT2D eigenvalue weighted by Gasteiger charge is -2.32. The Morgan fingerprint density at radius 3 is 2.81 bits per heavy atom. The summed E-state index contributed by atoms with van der Waals surface area (Å²) < 4.78 is 13.0. The first kappa shape index (κ1) is 18.5. The van der Waals surface area contributed by atoms with Crippen LogP contribution in [-0.2, 0) is 11.2 Å². The molecular weight excluding hydrogens is 355 g/mol. The molecule has 2 aromatic rings. The van der Waals surface area contributed by atoms with E-state index in [-0.39, 0.29) is 24.1 Å². The predicted molar refractivity (Wildman–Crippen MR) is 96.8 cm³/mol. The molecule has 1 saturated heterocycles. The molecule has 0 radical (unpaired) electrons. The van der Waals surface area contributed by atoms with Gasteiger partial charge >= 0.3 is 5.97 Å². The quantitative estimate of drug-likeness (QED) is 0.836. The summed E-state index contributed by atoms with van der Waals surface area (Å²) in [7, 11) is 0. The lowest BCUT2D eigenvalue weighted by Crippen LogP contribution is -2.40. The SMILES string of the molecule is O=C(O)CCC1CCCN(C(=O)c2csc(Cc3ccc(F)cc3)n2)C1. The maximum atomic E-state index is 13.0. The van der Waals surface area contributed by atoms with Gasteiger partial charge in [0.1, 0.15) is 11.5 Å². The van der Waals surface area contributed by atoms with Crippen LogP contribution < -0.4 is 0 Å². The lowest BCUT2D eigenvalue weighted by molar-refractivity contribution is -0.137. The number of aromatic nitrogens is 1. The van der Waals surface area contributed by atoms with Crippen molar-refractivity contribution in [3.63, 3.8) is 0 Å². The maximum absolute atomic E-state index is 13.0. The van der Waals surface area contributed by atoms with Gasteiger partial charge in [0.2, 0.25) is 0 Å². The van der Waals surface area contributed by atoms with Crippen LogP contribution in [0.2, 0.25) is 0 Å². The molecule has 7 heteroatoms. The van der Waals surface area contributed by atoms with Crippen molar-refractivity contribution in [2.45, 2.75) is 32.1 Å². The van der Waals surface area contributed by atoms with Crippen LogP contribution in [0.1, 0.15) is 46.7 Å². The monoisotopic (exact) mass is 376 g/mol. The van der Waals surface area contributed by atoms with Crippen molar-refractivity contribution in [3.05, 3.63) is 51.7 Å². The van der Waals surface area contributed by atoms with Crippen molar-refractivity contribution in [2.24, 2.45) is 5.92 Å². The normalized spacial score (nSPS) is 17.3. The van der Waals surface area contributed by atoms with E-state index >= 15 is 0 Å². The van der Waals surface area contributed by atoms with Gasteiger partial charge in [-0.3, -0.25) is 9.59 Å². The van der Waals surface area contributed by atoms with Gasteiger partial charge in [0.15, 0.2) is 0 Å². The van der Waals surface area contributed by atoms with E-state index in [4.69, 9.17) is 5.11 Å². The lowest BCUT2D eigenvalue weighted by atomic mass is 9.93. The molecule has 1 aliphatic rings. The second-order valence-corrected chi connectivity index (χ2v) is 7.56. The van der Waals surface area contributed by atoms with E-state index in [1.807, 2.05) is 0 Å². The zero-order chi connectivity index (χ0) is 18.5. The molecule has 1 aromatic carbocycles. The van der Waals surface area contributed by atoms with E-state index in [1.165, 1.54) is 23.5 Å². The minimum atomic E-state index is -0.793. The third-order valence-electron chi connectivity index (χ3n) is 4.61. The highest BCUT2D eigenvalue weighted by Crippen LogP contribution is 2.23. The number of piperidine rings is 1. The highest BCUT2D eigenvalue weighted by molar-refractivity contribution is 7.09. The van der Waals surface area contributed by atoms with E-state index in [0.29, 0.717) is 31.6 Å². The fourth-order valence-corrected chi connectivity index (χ4v) is 4.04.